The van der Waals surface area contributed by atoms with E-state index in [-0.39, 0.29) is 17.4 Å². The van der Waals surface area contributed by atoms with E-state index in [0.717, 1.165) is 13.1 Å². The van der Waals surface area contributed by atoms with E-state index in [4.69, 9.17) is 4.74 Å². The normalized spacial score (nSPS) is 13.7. The Kier molecular flexibility index (Phi) is 6.52. The first-order valence-corrected chi connectivity index (χ1v) is 5.46. The van der Waals surface area contributed by atoms with Gasteiger partial charge in [-0.25, -0.2) is 0 Å². The number of methoxy groups -OCH3 is 1. The van der Waals surface area contributed by atoms with Gasteiger partial charge in [0.25, 0.3) is 0 Å². The summed E-state index contributed by atoms with van der Waals surface area (Å²) >= 11 is 0. The van der Waals surface area contributed by atoms with Crippen LogP contribution in [0.2, 0.25) is 0 Å². The lowest BCUT2D eigenvalue weighted by Gasteiger charge is -2.24. The van der Waals surface area contributed by atoms with Gasteiger partial charge in [0.1, 0.15) is 0 Å². The number of nitrogens with one attached hydrogen (secondary N) is 2. The molecule has 0 spiro atoms. The third kappa shape index (κ3) is 6.47. The minimum Gasteiger partial charge on any atom is -0.377 e. The molecule has 1 unspecified atom stereocenters. The molecule has 4 nitrogen and oxygen atoms in total. The fourth-order valence-electron chi connectivity index (χ4n) is 1.000. The van der Waals surface area contributed by atoms with Crippen molar-refractivity contribution in [3.63, 3.8) is 0 Å². The van der Waals surface area contributed by atoms with E-state index in [1.807, 2.05) is 27.7 Å². The molecule has 0 bridgehead atoms. The summed E-state index contributed by atoms with van der Waals surface area (Å²) in [6.45, 7) is 9.98. The minimum atomic E-state index is -0.298. The fourth-order valence-corrected chi connectivity index (χ4v) is 1.000. The summed E-state index contributed by atoms with van der Waals surface area (Å²) in [7, 11) is 1.65. The summed E-state index contributed by atoms with van der Waals surface area (Å²) in [4.78, 5) is 11.6. The Morgan fingerprint density at radius 2 is 2.07 bits per heavy atom. The molecule has 4 heteroatoms. The van der Waals surface area contributed by atoms with Crippen molar-refractivity contribution < 1.29 is 9.53 Å². The first-order chi connectivity index (χ1) is 6.93. The van der Waals surface area contributed by atoms with Crippen LogP contribution in [0.15, 0.2) is 0 Å². The largest absolute Gasteiger partial charge is 0.377 e. The molecule has 0 radical (unpaired) electrons. The second kappa shape index (κ2) is 6.80. The van der Waals surface area contributed by atoms with Crippen LogP contribution in [0.25, 0.3) is 0 Å². The van der Waals surface area contributed by atoms with Gasteiger partial charge in [0, 0.05) is 26.1 Å². The molecule has 0 aliphatic carbocycles. The van der Waals surface area contributed by atoms with Crippen LogP contribution in [0.5, 0.6) is 0 Å². The molecule has 0 fully saturated rings. The number of hydrogen-bond acceptors (Lipinski definition) is 3. The van der Waals surface area contributed by atoms with Crippen LogP contribution in [0.3, 0.4) is 0 Å². The zero-order valence-corrected chi connectivity index (χ0v) is 10.5. The van der Waals surface area contributed by atoms with Gasteiger partial charge in [-0.15, -0.1) is 0 Å². The van der Waals surface area contributed by atoms with Gasteiger partial charge in [0.15, 0.2) is 0 Å². The number of carbonyl (C=O) groups excluding carboxylic acids is 1. The molecule has 0 aliphatic rings. The number of carbonyl (C=O) groups is 1. The van der Waals surface area contributed by atoms with Crippen molar-refractivity contribution in [3.05, 3.63) is 0 Å². The van der Waals surface area contributed by atoms with E-state index in [0.29, 0.717) is 6.54 Å². The van der Waals surface area contributed by atoms with Gasteiger partial charge in [-0.1, -0.05) is 13.8 Å². The molecule has 2 N–H and O–H groups in total. The van der Waals surface area contributed by atoms with Crippen LogP contribution in [0.1, 0.15) is 27.7 Å². The van der Waals surface area contributed by atoms with E-state index in [1.165, 1.54) is 0 Å². The highest BCUT2D eigenvalue weighted by molar-refractivity contribution is 5.78. The van der Waals surface area contributed by atoms with Crippen LogP contribution >= 0.6 is 0 Å². The van der Waals surface area contributed by atoms with Crippen molar-refractivity contribution in [1.82, 2.24) is 10.6 Å². The van der Waals surface area contributed by atoms with E-state index < -0.39 is 0 Å². The lowest BCUT2D eigenvalue weighted by atomic mass is 10.1. The number of ether oxygens (including phenoxy) is 1. The van der Waals surface area contributed by atoms with Crippen molar-refractivity contribution in [1.29, 1.82) is 0 Å². The highest BCUT2D eigenvalue weighted by Crippen LogP contribution is 2.05. The van der Waals surface area contributed by atoms with E-state index in [2.05, 4.69) is 10.6 Å². The first kappa shape index (κ1) is 14.4. The van der Waals surface area contributed by atoms with Crippen molar-refractivity contribution in [2.45, 2.75) is 33.3 Å². The SMILES string of the molecule is CCNCC(C)C(=O)NCC(C)(C)OC. The summed E-state index contributed by atoms with van der Waals surface area (Å²) < 4.78 is 5.22. The van der Waals surface area contributed by atoms with Gasteiger partial charge in [-0.2, -0.15) is 0 Å². The van der Waals surface area contributed by atoms with E-state index in [9.17, 15) is 4.79 Å². The first-order valence-electron chi connectivity index (χ1n) is 5.46. The smallest absolute Gasteiger partial charge is 0.224 e. The summed E-state index contributed by atoms with van der Waals surface area (Å²) in [6, 6.07) is 0. The number of rotatable bonds is 7. The summed E-state index contributed by atoms with van der Waals surface area (Å²) in [6.07, 6.45) is 0. The van der Waals surface area contributed by atoms with E-state index in [1.54, 1.807) is 7.11 Å². The van der Waals surface area contributed by atoms with Gasteiger partial charge in [-0.3, -0.25) is 4.79 Å². The molecule has 1 atom stereocenters. The molecular formula is C11H24N2O2. The predicted molar refractivity (Wildman–Crippen MR) is 61.8 cm³/mol. The van der Waals surface area contributed by atoms with Gasteiger partial charge in [0.2, 0.25) is 5.91 Å². The third-order valence-corrected chi connectivity index (χ3v) is 2.39. The molecule has 90 valence electrons. The van der Waals surface area contributed by atoms with Crippen LogP contribution < -0.4 is 10.6 Å². The van der Waals surface area contributed by atoms with Crippen LogP contribution in [0, 0.1) is 5.92 Å². The van der Waals surface area contributed by atoms with Crippen LogP contribution in [-0.2, 0) is 9.53 Å². The van der Waals surface area contributed by atoms with Crippen LogP contribution in [0.4, 0.5) is 0 Å². The van der Waals surface area contributed by atoms with E-state index >= 15 is 0 Å². The molecule has 0 aromatic carbocycles. The van der Waals surface area contributed by atoms with Crippen molar-refractivity contribution >= 4 is 5.91 Å². The zero-order valence-electron chi connectivity index (χ0n) is 10.5. The quantitative estimate of drug-likeness (QED) is 0.661. The van der Waals surface area contributed by atoms with Crippen molar-refractivity contribution in [2.75, 3.05) is 26.7 Å². The molecule has 0 heterocycles. The maximum absolute atomic E-state index is 11.6. The lowest BCUT2D eigenvalue weighted by Crippen LogP contribution is -2.43. The Hall–Kier alpha value is -0.610. The highest BCUT2D eigenvalue weighted by atomic mass is 16.5. The molecule has 0 aromatic rings. The number of hydrogen-bond donors (Lipinski definition) is 2. The Morgan fingerprint density at radius 3 is 2.53 bits per heavy atom. The predicted octanol–water partition coefficient (Wildman–Crippen LogP) is 0.773. The second-order valence-electron chi connectivity index (χ2n) is 4.39. The fraction of sp³-hybridized carbons (Fsp3) is 0.909. The summed E-state index contributed by atoms with van der Waals surface area (Å²) in [5.74, 6) is 0.0682. The van der Waals surface area contributed by atoms with Crippen molar-refractivity contribution in [3.8, 4) is 0 Å². The Bertz CT molecular complexity index is 193. The molecule has 1 amide bonds. The Balaban J connectivity index is 3.82. The zero-order chi connectivity index (χ0) is 11.9. The topological polar surface area (TPSA) is 50.4 Å². The Morgan fingerprint density at radius 1 is 1.47 bits per heavy atom. The van der Waals surface area contributed by atoms with Gasteiger partial charge < -0.3 is 15.4 Å². The summed E-state index contributed by atoms with van der Waals surface area (Å²) in [5, 5.41) is 6.03. The second-order valence-corrected chi connectivity index (χ2v) is 4.39. The van der Waals surface area contributed by atoms with Crippen molar-refractivity contribution in [2.24, 2.45) is 5.92 Å². The summed E-state index contributed by atoms with van der Waals surface area (Å²) in [5.41, 5.74) is -0.298. The molecule has 0 saturated heterocycles. The average molecular weight is 216 g/mol. The third-order valence-electron chi connectivity index (χ3n) is 2.39. The molecule has 0 saturated carbocycles. The van der Waals surface area contributed by atoms with Crippen LogP contribution in [-0.4, -0.2) is 38.3 Å². The molecular weight excluding hydrogens is 192 g/mol. The monoisotopic (exact) mass is 216 g/mol. The molecule has 0 rings (SSSR count). The van der Waals surface area contributed by atoms with Gasteiger partial charge in [0.05, 0.1) is 5.60 Å². The minimum absolute atomic E-state index is 0.00222. The molecule has 0 aromatic heterocycles. The van der Waals surface area contributed by atoms with Gasteiger partial charge >= 0.3 is 0 Å². The number of amides is 1. The standard InChI is InChI=1S/C11H24N2O2/c1-6-12-7-9(2)10(14)13-8-11(3,4)15-5/h9,12H,6-8H2,1-5H3,(H,13,14). The maximum Gasteiger partial charge on any atom is 0.224 e. The Labute approximate surface area is 92.8 Å². The molecule has 15 heavy (non-hydrogen) atoms. The average Bonchev–Trinajstić information content (AvgIpc) is 2.22. The maximum atomic E-state index is 11.6. The van der Waals surface area contributed by atoms with Gasteiger partial charge in [-0.05, 0) is 20.4 Å². The molecule has 0 aliphatic heterocycles. The highest BCUT2D eigenvalue weighted by Gasteiger charge is 2.19. The lowest BCUT2D eigenvalue weighted by molar-refractivity contribution is -0.125.